The number of ether oxygens (including phenoxy) is 1. The molecule has 32 heavy (non-hydrogen) atoms. The first kappa shape index (κ1) is 21.2. The molecule has 0 saturated heterocycles. The van der Waals surface area contributed by atoms with Crippen molar-refractivity contribution in [1.29, 1.82) is 0 Å². The lowest BCUT2D eigenvalue weighted by Gasteiger charge is -2.22. The number of carbonyl (C=O) groups excluding carboxylic acids is 2. The van der Waals surface area contributed by atoms with Crippen molar-refractivity contribution in [3.8, 4) is 5.75 Å². The summed E-state index contributed by atoms with van der Waals surface area (Å²) in [6.45, 7) is -0.378. The summed E-state index contributed by atoms with van der Waals surface area (Å²) in [7, 11) is 1.57. The van der Waals surface area contributed by atoms with E-state index >= 15 is 0 Å². The van der Waals surface area contributed by atoms with E-state index in [1.165, 1.54) is 4.90 Å². The number of fused-ring (bicyclic) bond motifs is 1. The Morgan fingerprint density at radius 3 is 2.59 bits per heavy atom. The third kappa shape index (κ3) is 4.49. The van der Waals surface area contributed by atoms with E-state index in [1.54, 1.807) is 43.5 Å². The second kappa shape index (κ2) is 8.97. The van der Waals surface area contributed by atoms with E-state index in [0.717, 1.165) is 23.8 Å². The highest BCUT2D eigenvalue weighted by Crippen LogP contribution is 2.33. The van der Waals surface area contributed by atoms with Gasteiger partial charge in [0.15, 0.2) is 0 Å². The number of carbonyl (C=O) groups is 2. The van der Waals surface area contributed by atoms with E-state index in [-0.39, 0.29) is 24.6 Å². The molecule has 0 aliphatic carbocycles. The molecule has 3 aromatic carbocycles. The molecule has 0 fully saturated rings. The highest BCUT2D eigenvalue weighted by molar-refractivity contribution is 6.19. The summed E-state index contributed by atoms with van der Waals surface area (Å²) in [6, 6.07) is 16.9. The van der Waals surface area contributed by atoms with Gasteiger partial charge in [-0.3, -0.25) is 14.6 Å². The number of halogens is 2. The van der Waals surface area contributed by atoms with Gasteiger partial charge in [-0.15, -0.1) is 0 Å². The number of methoxy groups -OCH3 is 1. The van der Waals surface area contributed by atoms with Crippen molar-refractivity contribution in [3.63, 3.8) is 0 Å². The van der Waals surface area contributed by atoms with E-state index in [2.05, 4.69) is 10.3 Å². The molecule has 0 bridgehead atoms. The van der Waals surface area contributed by atoms with Gasteiger partial charge in [0.1, 0.15) is 23.9 Å². The second-order valence-corrected chi connectivity index (χ2v) is 7.10. The van der Waals surface area contributed by atoms with Crippen molar-refractivity contribution >= 4 is 34.6 Å². The van der Waals surface area contributed by atoms with E-state index in [9.17, 15) is 18.4 Å². The van der Waals surface area contributed by atoms with Gasteiger partial charge in [0, 0.05) is 6.07 Å². The van der Waals surface area contributed by atoms with Crippen LogP contribution in [0, 0.1) is 11.6 Å². The van der Waals surface area contributed by atoms with Crippen LogP contribution in [0.1, 0.15) is 12.0 Å². The highest BCUT2D eigenvalue weighted by Gasteiger charge is 2.27. The Labute approximate surface area is 183 Å². The minimum absolute atomic E-state index is 0.0391. The Morgan fingerprint density at radius 2 is 1.84 bits per heavy atom. The summed E-state index contributed by atoms with van der Waals surface area (Å²) in [5.74, 6) is -1.79. The van der Waals surface area contributed by atoms with Gasteiger partial charge in [0.05, 0.1) is 36.3 Å². The maximum absolute atomic E-state index is 13.9. The third-order valence-corrected chi connectivity index (χ3v) is 4.98. The molecule has 0 unspecified atom stereocenters. The molecule has 6 nitrogen and oxygen atoms in total. The molecule has 0 spiro atoms. The van der Waals surface area contributed by atoms with Gasteiger partial charge < -0.3 is 15.0 Å². The number of aliphatic imine (C=N–C) groups is 1. The summed E-state index contributed by atoms with van der Waals surface area (Å²) in [4.78, 5) is 31.6. The molecule has 0 radical (unpaired) electrons. The SMILES string of the molecule is COc1ccc(C2=Nc3ccccc3N(CC(=O)Nc3cc(F)ccc3F)C(=O)C2)cc1. The van der Waals surface area contributed by atoms with Crippen molar-refractivity contribution in [2.75, 3.05) is 23.9 Å². The lowest BCUT2D eigenvalue weighted by molar-refractivity contribution is -0.120. The smallest absolute Gasteiger partial charge is 0.244 e. The van der Waals surface area contributed by atoms with Gasteiger partial charge in [-0.2, -0.15) is 0 Å². The molecule has 3 aromatic rings. The number of rotatable bonds is 5. The van der Waals surface area contributed by atoms with Crippen molar-refractivity contribution in [2.45, 2.75) is 6.42 Å². The minimum Gasteiger partial charge on any atom is -0.497 e. The molecule has 1 N–H and O–H groups in total. The lowest BCUT2D eigenvalue weighted by atomic mass is 10.1. The number of para-hydroxylation sites is 2. The quantitative estimate of drug-likeness (QED) is 0.643. The van der Waals surface area contributed by atoms with E-state index in [1.807, 2.05) is 12.1 Å². The Kier molecular flexibility index (Phi) is 5.93. The fourth-order valence-electron chi connectivity index (χ4n) is 3.39. The lowest BCUT2D eigenvalue weighted by Crippen LogP contribution is -2.38. The van der Waals surface area contributed by atoms with E-state index in [0.29, 0.717) is 22.8 Å². The predicted molar refractivity (Wildman–Crippen MR) is 118 cm³/mol. The molecule has 2 amide bonds. The number of benzene rings is 3. The fourth-order valence-corrected chi connectivity index (χ4v) is 3.39. The maximum Gasteiger partial charge on any atom is 0.244 e. The van der Waals surface area contributed by atoms with Crippen molar-refractivity contribution < 1.29 is 23.1 Å². The minimum atomic E-state index is -0.771. The van der Waals surface area contributed by atoms with Crippen LogP contribution in [0.3, 0.4) is 0 Å². The third-order valence-electron chi connectivity index (χ3n) is 4.98. The molecule has 0 atom stereocenters. The van der Waals surface area contributed by atoms with Gasteiger partial charge in [-0.05, 0) is 54.1 Å². The molecular formula is C24H19F2N3O3. The van der Waals surface area contributed by atoms with Crippen molar-refractivity contribution in [3.05, 3.63) is 83.9 Å². The summed E-state index contributed by atoms with van der Waals surface area (Å²) in [5, 5.41) is 2.33. The Morgan fingerprint density at radius 1 is 1.09 bits per heavy atom. The zero-order chi connectivity index (χ0) is 22.7. The normalized spacial score (nSPS) is 13.2. The van der Waals surface area contributed by atoms with Crippen LogP contribution in [0.5, 0.6) is 5.75 Å². The van der Waals surface area contributed by atoms with Crippen molar-refractivity contribution in [2.24, 2.45) is 4.99 Å². The van der Waals surface area contributed by atoms with Crippen molar-refractivity contribution in [1.82, 2.24) is 0 Å². The summed E-state index contributed by atoms with van der Waals surface area (Å²) >= 11 is 0. The Hall–Kier alpha value is -4.07. The van der Waals surface area contributed by atoms with Crippen LogP contribution in [0.15, 0.2) is 71.7 Å². The standard InChI is InChI=1S/C24H19F2N3O3/c1-32-17-9-6-15(7-10-17)20-13-24(31)29(22-5-3-2-4-19(22)27-20)14-23(30)28-21-12-16(25)8-11-18(21)26/h2-12H,13-14H2,1H3,(H,28,30). The molecule has 0 saturated carbocycles. The number of hydrogen-bond donors (Lipinski definition) is 1. The highest BCUT2D eigenvalue weighted by atomic mass is 19.1. The monoisotopic (exact) mass is 435 g/mol. The molecule has 162 valence electrons. The molecule has 4 rings (SSSR count). The molecule has 8 heteroatoms. The number of hydrogen-bond acceptors (Lipinski definition) is 4. The number of anilines is 2. The molecular weight excluding hydrogens is 416 g/mol. The molecule has 1 heterocycles. The topological polar surface area (TPSA) is 71.0 Å². The van der Waals surface area contributed by atoms with Crippen LogP contribution in [-0.4, -0.2) is 31.2 Å². The van der Waals surface area contributed by atoms with Gasteiger partial charge in [0.2, 0.25) is 11.8 Å². The summed E-state index contributed by atoms with van der Waals surface area (Å²) in [5.41, 5.74) is 1.98. The zero-order valence-electron chi connectivity index (χ0n) is 17.1. The number of amides is 2. The van der Waals surface area contributed by atoms with Gasteiger partial charge in [0.25, 0.3) is 0 Å². The predicted octanol–water partition coefficient (Wildman–Crippen LogP) is 4.47. The van der Waals surface area contributed by atoms with Gasteiger partial charge in [-0.1, -0.05) is 12.1 Å². The largest absolute Gasteiger partial charge is 0.497 e. The van der Waals surface area contributed by atoms with E-state index in [4.69, 9.17) is 4.74 Å². The number of nitrogens with one attached hydrogen (secondary N) is 1. The van der Waals surface area contributed by atoms with Gasteiger partial charge in [-0.25, -0.2) is 8.78 Å². The fraction of sp³-hybridized carbons (Fsp3) is 0.125. The van der Waals surface area contributed by atoms with E-state index < -0.39 is 17.5 Å². The molecule has 1 aliphatic rings. The first-order chi connectivity index (χ1) is 15.4. The second-order valence-electron chi connectivity index (χ2n) is 7.10. The first-order valence-corrected chi connectivity index (χ1v) is 9.81. The first-order valence-electron chi connectivity index (χ1n) is 9.81. The van der Waals surface area contributed by atoms with Crippen LogP contribution in [0.25, 0.3) is 0 Å². The van der Waals surface area contributed by atoms with Crippen LogP contribution < -0.4 is 15.0 Å². The molecule has 1 aliphatic heterocycles. The summed E-state index contributed by atoms with van der Waals surface area (Å²) < 4.78 is 32.5. The zero-order valence-corrected chi connectivity index (χ0v) is 17.1. The van der Waals surface area contributed by atoms with Crippen LogP contribution in [0.2, 0.25) is 0 Å². The average Bonchev–Trinajstić information content (AvgIpc) is 2.93. The maximum atomic E-state index is 13.9. The Balaban J connectivity index is 1.60. The number of nitrogens with zero attached hydrogens (tertiary/aromatic N) is 2. The van der Waals surface area contributed by atoms with Crippen LogP contribution in [-0.2, 0) is 9.59 Å². The summed E-state index contributed by atoms with van der Waals surface area (Å²) in [6.07, 6.45) is -0.0391. The molecule has 0 aromatic heterocycles. The average molecular weight is 435 g/mol. The van der Waals surface area contributed by atoms with Crippen LogP contribution in [0.4, 0.5) is 25.8 Å². The van der Waals surface area contributed by atoms with Crippen LogP contribution >= 0.6 is 0 Å². The Bertz CT molecular complexity index is 1210. The van der Waals surface area contributed by atoms with Gasteiger partial charge >= 0.3 is 0 Å².